The molecule has 0 heterocycles. The van der Waals surface area contributed by atoms with Crippen LogP contribution in [0.1, 0.15) is 24.0 Å². The van der Waals surface area contributed by atoms with Crippen molar-refractivity contribution < 1.29 is 4.79 Å². The molecule has 2 N–H and O–H groups in total. The molecule has 0 fully saturated rings. The van der Waals surface area contributed by atoms with Gasteiger partial charge in [0.2, 0.25) is 5.91 Å². The van der Waals surface area contributed by atoms with E-state index < -0.39 is 0 Å². The van der Waals surface area contributed by atoms with Gasteiger partial charge in [0, 0.05) is 18.4 Å². The average molecular weight is 279 g/mol. The lowest BCUT2D eigenvalue weighted by molar-refractivity contribution is -0.119. The van der Waals surface area contributed by atoms with Crippen molar-refractivity contribution in [1.82, 2.24) is 0 Å². The number of nitrogens with zero attached hydrogens (tertiary/aromatic N) is 2. The molecule has 0 spiro atoms. The fourth-order valence-electron chi connectivity index (χ4n) is 2.15. The Labute approximate surface area is 124 Å². The lowest BCUT2D eigenvalue weighted by atomic mass is 9.99. The predicted molar refractivity (Wildman–Crippen MR) is 83.8 cm³/mol. The Morgan fingerprint density at radius 2 is 1.90 bits per heavy atom. The lowest BCUT2D eigenvalue weighted by Gasteiger charge is -2.22. The molecule has 0 saturated heterocycles. The minimum absolute atomic E-state index is 0.0229. The molecule has 4 heteroatoms. The summed E-state index contributed by atoms with van der Waals surface area (Å²) in [4.78, 5) is 14.1. The SMILES string of the molecule is CC(C(=O)N(C)c1ccc(C#N)cc1)c1cccc(N)c1. The number of anilines is 2. The van der Waals surface area contributed by atoms with E-state index in [1.807, 2.05) is 25.1 Å². The number of carbonyl (C=O) groups is 1. The van der Waals surface area contributed by atoms with Gasteiger partial charge in [0.05, 0.1) is 17.6 Å². The quantitative estimate of drug-likeness (QED) is 0.878. The van der Waals surface area contributed by atoms with E-state index in [4.69, 9.17) is 11.0 Å². The first-order valence-electron chi connectivity index (χ1n) is 6.66. The Morgan fingerprint density at radius 1 is 1.24 bits per heavy atom. The molecule has 1 unspecified atom stereocenters. The minimum Gasteiger partial charge on any atom is -0.399 e. The summed E-state index contributed by atoms with van der Waals surface area (Å²) in [6, 6.07) is 16.3. The summed E-state index contributed by atoms with van der Waals surface area (Å²) < 4.78 is 0. The zero-order chi connectivity index (χ0) is 15.4. The van der Waals surface area contributed by atoms with Gasteiger partial charge in [0.1, 0.15) is 0 Å². The maximum atomic E-state index is 12.5. The van der Waals surface area contributed by atoms with Crippen LogP contribution in [0.25, 0.3) is 0 Å². The summed E-state index contributed by atoms with van der Waals surface area (Å²) in [5.41, 5.74) is 8.63. The van der Waals surface area contributed by atoms with Gasteiger partial charge in [-0.05, 0) is 48.9 Å². The highest BCUT2D eigenvalue weighted by Crippen LogP contribution is 2.23. The molecule has 1 amide bonds. The molecule has 2 aromatic rings. The third-order valence-corrected chi connectivity index (χ3v) is 3.50. The van der Waals surface area contributed by atoms with E-state index >= 15 is 0 Å². The maximum Gasteiger partial charge on any atom is 0.233 e. The van der Waals surface area contributed by atoms with E-state index in [-0.39, 0.29) is 11.8 Å². The first-order valence-corrected chi connectivity index (χ1v) is 6.66. The molecule has 4 nitrogen and oxygen atoms in total. The van der Waals surface area contributed by atoms with Gasteiger partial charge in [-0.25, -0.2) is 0 Å². The molecule has 0 saturated carbocycles. The molecule has 2 aromatic carbocycles. The van der Waals surface area contributed by atoms with Gasteiger partial charge >= 0.3 is 0 Å². The van der Waals surface area contributed by atoms with Crippen LogP contribution in [0.15, 0.2) is 48.5 Å². The second-order valence-electron chi connectivity index (χ2n) is 4.95. The van der Waals surface area contributed by atoms with Crippen LogP contribution in [0, 0.1) is 11.3 Å². The van der Waals surface area contributed by atoms with Crippen LogP contribution < -0.4 is 10.6 Å². The molecule has 1 atom stereocenters. The molecule has 21 heavy (non-hydrogen) atoms. The molecule has 106 valence electrons. The van der Waals surface area contributed by atoms with Gasteiger partial charge in [-0.3, -0.25) is 4.79 Å². The summed E-state index contributed by atoms with van der Waals surface area (Å²) in [5, 5.41) is 8.80. The van der Waals surface area contributed by atoms with Crippen molar-refractivity contribution in [1.29, 1.82) is 5.26 Å². The average Bonchev–Trinajstić information content (AvgIpc) is 2.53. The van der Waals surface area contributed by atoms with Crippen molar-refractivity contribution in [2.45, 2.75) is 12.8 Å². The summed E-state index contributed by atoms with van der Waals surface area (Å²) in [6.07, 6.45) is 0. The van der Waals surface area contributed by atoms with E-state index in [9.17, 15) is 4.79 Å². The molecular weight excluding hydrogens is 262 g/mol. The second kappa shape index (κ2) is 6.10. The third kappa shape index (κ3) is 3.21. The van der Waals surface area contributed by atoms with E-state index in [2.05, 4.69) is 6.07 Å². The first-order chi connectivity index (χ1) is 10.0. The molecule has 0 radical (unpaired) electrons. The van der Waals surface area contributed by atoms with Gasteiger partial charge in [-0.1, -0.05) is 12.1 Å². The summed E-state index contributed by atoms with van der Waals surface area (Å²) in [7, 11) is 1.73. The van der Waals surface area contributed by atoms with Crippen molar-refractivity contribution in [2.24, 2.45) is 0 Å². The van der Waals surface area contributed by atoms with Crippen molar-refractivity contribution in [2.75, 3.05) is 17.7 Å². The molecule has 0 aliphatic rings. The highest BCUT2D eigenvalue weighted by atomic mass is 16.2. The highest BCUT2D eigenvalue weighted by Gasteiger charge is 2.20. The van der Waals surface area contributed by atoms with Crippen molar-refractivity contribution >= 4 is 17.3 Å². The number of amides is 1. The van der Waals surface area contributed by atoms with E-state index in [0.717, 1.165) is 11.3 Å². The molecule has 0 bridgehead atoms. The van der Waals surface area contributed by atoms with E-state index in [1.54, 1.807) is 42.3 Å². The van der Waals surface area contributed by atoms with Crippen LogP contribution in [0.2, 0.25) is 0 Å². The number of nitriles is 1. The number of carbonyl (C=O) groups excluding carboxylic acids is 1. The van der Waals surface area contributed by atoms with Crippen molar-refractivity contribution in [3.8, 4) is 6.07 Å². The fraction of sp³-hybridized carbons (Fsp3) is 0.176. The van der Waals surface area contributed by atoms with Gasteiger partial charge in [-0.2, -0.15) is 5.26 Å². The zero-order valence-corrected chi connectivity index (χ0v) is 12.1. The smallest absolute Gasteiger partial charge is 0.233 e. The van der Waals surface area contributed by atoms with Crippen LogP contribution in [0.4, 0.5) is 11.4 Å². The number of benzene rings is 2. The first kappa shape index (κ1) is 14.6. The Morgan fingerprint density at radius 3 is 2.48 bits per heavy atom. The van der Waals surface area contributed by atoms with Crippen LogP contribution in [-0.4, -0.2) is 13.0 Å². The number of hydrogen-bond donors (Lipinski definition) is 1. The van der Waals surface area contributed by atoms with Crippen molar-refractivity contribution in [3.05, 3.63) is 59.7 Å². The number of rotatable bonds is 3. The predicted octanol–water partition coefficient (Wildman–Crippen LogP) is 2.91. The number of nitrogens with two attached hydrogens (primary N) is 1. The monoisotopic (exact) mass is 279 g/mol. The molecular formula is C17H17N3O. The second-order valence-corrected chi connectivity index (χ2v) is 4.95. The molecule has 0 aliphatic heterocycles. The highest BCUT2D eigenvalue weighted by molar-refractivity contribution is 5.97. The van der Waals surface area contributed by atoms with Crippen LogP contribution in [-0.2, 0) is 4.79 Å². The molecule has 0 aromatic heterocycles. The third-order valence-electron chi connectivity index (χ3n) is 3.50. The summed E-state index contributed by atoms with van der Waals surface area (Å²) in [5.74, 6) is -0.306. The Bertz CT molecular complexity index is 686. The maximum absolute atomic E-state index is 12.5. The zero-order valence-electron chi connectivity index (χ0n) is 12.1. The van der Waals surface area contributed by atoms with Gasteiger partial charge < -0.3 is 10.6 Å². The van der Waals surface area contributed by atoms with Crippen LogP contribution in [0.5, 0.6) is 0 Å². The standard InChI is InChI=1S/C17H17N3O/c1-12(14-4-3-5-15(19)10-14)17(21)20(2)16-8-6-13(11-18)7-9-16/h3-10,12H,19H2,1-2H3. The summed E-state index contributed by atoms with van der Waals surface area (Å²) in [6.45, 7) is 1.86. The molecule has 0 aliphatic carbocycles. The Balaban J connectivity index is 2.20. The minimum atomic E-state index is -0.283. The Hall–Kier alpha value is -2.80. The van der Waals surface area contributed by atoms with E-state index in [1.165, 1.54) is 0 Å². The largest absolute Gasteiger partial charge is 0.399 e. The number of hydrogen-bond acceptors (Lipinski definition) is 3. The van der Waals surface area contributed by atoms with E-state index in [0.29, 0.717) is 11.3 Å². The van der Waals surface area contributed by atoms with Gasteiger partial charge in [-0.15, -0.1) is 0 Å². The summed E-state index contributed by atoms with van der Waals surface area (Å²) >= 11 is 0. The normalized spacial score (nSPS) is 11.5. The molecule has 2 rings (SSSR count). The Kier molecular flexibility index (Phi) is 4.24. The van der Waals surface area contributed by atoms with Crippen LogP contribution in [0.3, 0.4) is 0 Å². The fourth-order valence-corrected chi connectivity index (χ4v) is 2.15. The topological polar surface area (TPSA) is 70.1 Å². The number of likely N-dealkylation sites (N-methyl/N-ethyl adjacent to an activating group) is 1. The van der Waals surface area contributed by atoms with Gasteiger partial charge in [0.25, 0.3) is 0 Å². The lowest BCUT2D eigenvalue weighted by Crippen LogP contribution is -2.30. The van der Waals surface area contributed by atoms with Crippen molar-refractivity contribution in [3.63, 3.8) is 0 Å². The van der Waals surface area contributed by atoms with Gasteiger partial charge in [0.15, 0.2) is 0 Å². The number of nitrogen functional groups attached to an aromatic ring is 1. The van der Waals surface area contributed by atoms with Crippen LogP contribution >= 0.6 is 0 Å².